The van der Waals surface area contributed by atoms with E-state index in [1.54, 1.807) is 67.0 Å². The van der Waals surface area contributed by atoms with Gasteiger partial charge in [-0.1, -0.05) is 36.4 Å². The molecule has 0 bridgehead atoms. The van der Waals surface area contributed by atoms with Gasteiger partial charge in [0.1, 0.15) is 5.82 Å². The number of benzene rings is 2. The Labute approximate surface area is 222 Å². The van der Waals surface area contributed by atoms with Crippen molar-refractivity contribution >= 4 is 34.9 Å². The molecule has 3 heterocycles. The Morgan fingerprint density at radius 3 is 2.55 bits per heavy atom. The Morgan fingerprint density at radius 2 is 1.84 bits per heavy atom. The van der Waals surface area contributed by atoms with Gasteiger partial charge in [0, 0.05) is 24.6 Å². The molecular formula is C28H23FN4O4S. The van der Waals surface area contributed by atoms with E-state index in [-0.39, 0.29) is 19.0 Å². The number of rotatable bonds is 8. The lowest BCUT2D eigenvalue weighted by molar-refractivity contribution is -0.126. The van der Waals surface area contributed by atoms with Gasteiger partial charge in [0.05, 0.1) is 11.4 Å². The Balaban J connectivity index is 1.37. The maximum absolute atomic E-state index is 13.8. The number of halogens is 1. The lowest BCUT2D eigenvalue weighted by Crippen LogP contribution is -2.46. The Kier molecular flexibility index (Phi) is 7.41. The first kappa shape index (κ1) is 25.1. The molecule has 1 aliphatic heterocycles. The molecule has 1 saturated heterocycles. The van der Waals surface area contributed by atoms with Crippen molar-refractivity contribution < 1.29 is 23.5 Å². The summed E-state index contributed by atoms with van der Waals surface area (Å²) in [7, 11) is 0. The van der Waals surface area contributed by atoms with E-state index in [0.717, 1.165) is 5.56 Å². The molecule has 8 nitrogen and oxygen atoms in total. The second-order valence-corrected chi connectivity index (χ2v) is 9.59. The summed E-state index contributed by atoms with van der Waals surface area (Å²) in [5, 5.41) is 7.50. The maximum Gasteiger partial charge on any atom is 0.411 e. The van der Waals surface area contributed by atoms with Crippen molar-refractivity contribution in [1.82, 2.24) is 15.2 Å². The number of pyridine rings is 1. The molecule has 0 radical (unpaired) electrons. The fourth-order valence-electron chi connectivity index (χ4n) is 4.20. The summed E-state index contributed by atoms with van der Waals surface area (Å²) in [6, 6.07) is 18.8. The van der Waals surface area contributed by atoms with Gasteiger partial charge in [0.2, 0.25) is 5.91 Å². The van der Waals surface area contributed by atoms with Crippen molar-refractivity contribution in [3.05, 3.63) is 118 Å². The van der Waals surface area contributed by atoms with Gasteiger partial charge in [0.15, 0.2) is 12.1 Å². The fourth-order valence-corrected chi connectivity index (χ4v) is 4.81. The normalized spacial score (nSPS) is 16.7. The van der Waals surface area contributed by atoms with Crippen LogP contribution in [0.4, 0.5) is 14.9 Å². The summed E-state index contributed by atoms with van der Waals surface area (Å²) < 4.78 is 19.5. The van der Waals surface area contributed by atoms with Crippen molar-refractivity contribution in [3.8, 4) is 0 Å². The Morgan fingerprint density at radius 1 is 1.03 bits per heavy atom. The van der Waals surface area contributed by atoms with Crippen LogP contribution in [0.2, 0.25) is 0 Å². The highest BCUT2D eigenvalue weighted by molar-refractivity contribution is 7.12. The second-order valence-electron chi connectivity index (χ2n) is 8.64. The fraction of sp³-hybridized carbons (Fsp3) is 0.143. The van der Waals surface area contributed by atoms with Gasteiger partial charge in [0.25, 0.3) is 5.91 Å². The van der Waals surface area contributed by atoms with Crippen molar-refractivity contribution in [2.24, 2.45) is 0 Å². The van der Waals surface area contributed by atoms with Gasteiger partial charge in [-0.25, -0.2) is 9.18 Å². The highest BCUT2D eigenvalue weighted by Crippen LogP contribution is 2.34. The quantitative estimate of drug-likeness (QED) is 0.337. The third-order valence-corrected chi connectivity index (χ3v) is 6.90. The molecule has 38 heavy (non-hydrogen) atoms. The number of ether oxygens (including phenoxy) is 1. The molecule has 2 aromatic heterocycles. The lowest BCUT2D eigenvalue weighted by Gasteiger charge is -2.24. The first-order chi connectivity index (χ1) is 18.5. The zero-order chi connectivity index (χ0) is 26.5. The SMILES string of the molecule is O=C(Nc1ccc([C@@H]2OC(=O)N(Cc3cccc(F)c3)[C@@H]2C(=O)NCc2cccnc2)cc1)c1cccs1. The molecule has 2 aromatic carbocycles. The third kappa shape index (κ3) is 5.70. The first-order valence-corrected chi connectivity index (χ1v) is 12.7. The van der Waals surface area contributed by atoms with Crippen LogP contribution in [0.1, 0.15) is 32.5 Å². The molecule has 10 heteroatoms. The highest BCUT2D eigenvalue weighted by Gasteiger charge is 2.47. The van der Waals surface area contributed by atoms with Crippen LogP contribution in [0.15, 0.2) is 90.6 Å². The molecule has 0 spiro atoms. The van der Waals surface area contributed by atoms with Crippen molar-refractivity contribution in [2.75, 3.05) is 5.32 Å². The third-order valence-electron chi connectivity index (χ3n) is 6.03. The van der Waals surface area contributed by atoms with Gasteiger partial charge >= 0.3 is 6.09 Å². The smallest absolute Gasteiger partial charge is 0.411 e. The topological polar surface area (TPSA) is 101 Å². The van der Waals surface area contributed by atoms with Crippen LogP contribution in [0.25, 0.3) is 0 Å². The minimum atomic E-state index is -1.01. The zero-order valence-corrected chi connectivity index (χ0v) is 20.9. The van der Waals surface area contributed by atoms with Crippen LogP contribution in [0, 0.1) is 5.82 Å². The summed E-state index contributed by atoms with van der Waals surface area (Å²) >= 11 is 1.34. The molecule has 4 aromatic rings. The summed E-state index contributed by atoms with van der Waals surface area (Å²) in [5.41, 5.74) is 2.46. The van der Waals surface area contributed by atoms with Crippen LogP contribution in [0.5, 0.6) is 0 Å². The molecule has 3 amide bonds. The Bertz CT molecular complexity index is 1430. The number of carbonyl (C=O) groups is 3. The van der Waals surface area contributed by atoms with Gasteiger partial charge in [-0.05, 0) is 58.5 Å². The number of cyclic esters (lactones) is 1. The number of nitrogens with one attached hydrogen (secondary N) is 2. The predicted molar refractivity (Wildman–Crippen MR) is 140 cm³/mol. The molecule has 2 N–H and O–H groups in total. The standard InChI is InChI=1S/C28H23FN4O4S/c29-21-6-1-4-18(14-21)17-33-24(27(35)31-16-19-5-2-12-30-15-19)25(37-28(33)36)20-8-10-22(11-9-20)32-26(34)23-7-3-13-38-23/h1-15,24-25H,16-17H2,(H,31,35)(H,32,34)/t24-,25-/m0/s1. The predicted octanol–water partition coefficient (Wildman–Crippen LogP) is 4.91. The molecule has 5 rings (SSSR count). The largest absolute Gasteiger partial charge is 0.438 e. The first-order valence-electron chi connectivity index (χ1n) is 11.8. The van der Waals surface area contributed by atoms with Crippen molar-refractivity contribution in [1.29, 1.82) is 0 Å². The van der Waals surface area contributed by atoms with Crippen molar-refractivity contribution in [3.63, 3.8) is 0 Å². The van der Waals surface area contributed by atoms with E-state index in [0.29, 0.717) is 21.7 Å². The average molecular weight is 531 g/mol. The highest BCUT2D eigenvalue weighted by atomic mass is 32.1. The average Bonchev–Trinajstić information content (AvgIpc) is 3.57. The monoisotopic (exact) mass is 530 g/mol. The summed E-state index contributed by atoms with van der Waals surface area (Å²) in [5.74, 6) is -1.09. The van der Waals surface area contributed by atoms with Gasteiger partial charge < -0.3 is 15.4 Å². The number of carbonyl (C=O) groups excluding carboxylic acids is 3. The zero-order valence-electron chi connectivity index (χ0n) is 20.0. The van der Waals surface area contributed by atoms with Gasteiger partial charge in [-0.3, -0.25) is 19.5 Å². The lowest BCUT2D eigenvalue weighted by atomic mass is 10.00. The second kappa shape index (κ2) is 11.2. The number of anilines is 1. The summed E-state index contributed by atoms with van der Waals surface area (Å²) in [6.45, 7) is 0.207. The minimum absolute atomic E-state index is 0.00692. The maximum atomic E-state index is 13.8. The molecular weight excluding hydrogens is 507 g/mol. The molecule has 2 atom stereocenters. The number of hydrogen-bond acceptors (Lipinski definition) is 6. The summed E-state index contributed by atoms with van der Waals surface area (Å²) in [4.78, 5) is 44.7. The van der Waals surface area contributed by atoms with Crippen molar-refractivity contribution in [2.45, 2.75) is 25.2 Å². The van der Waals surface area contributed by atoms with Crippen LogP contribution in [0.3, 0.4) is 0 Å². The number of thiophene rings is 1. The van der Waals surface area contributed by atoms with Crippen LogP contribution >= 0.6 is 11.3 Å². The molecule has 192 valence electrons. The summed E-state index contributed by atoms with van der Waals surface area (Å²) in [6.07, 6.45) is 1.68. The van der Waals surface area contributed by atoms with E-state index in [2.05, 4.69) is 15.6 Å². The molecule has 1 fully saturated rings. The Hall–Kier alpha value is -4.57. The van der Waals surface area contributed by atoms with E-state index in [4.69, 9.17) is 4.74 Å². The number of amides is 3. The number of nitrogens with zero attached hydrogens (tertiary/aromatic N) is 2. The van der Waals surface area contributed by atoms with E-state index >= 15 is 0 Å². The number of hydrogen-bond donors (Lipinski definition) is 2. The molecule has 0 saturated carbocycles. The number of aromatic nitrogens is 1. The van der Waals surface area contributed by atoms with Crippen LogP contribution in [-0.2, 0) is 22.6 Å². The van der Waals surface area contributed by atoms with Crippen LogP contribution < -0.4 is 10.6 Å². The van der Waals surface area contributed by atoms with E-state index < -0.39 is 30.0 Å². The molecule has 1 aliphatic rings. The van der Waals surface area contributed by atoms with E-state index in [1.165, 1.54) is 28.4 Å². The molecule has 0 aliphatic carbocycles. The van der Waals surface area contributed by atoms with Gasteiger partial charge in [-0.15, -0.1) is 11.3 Å². The molecule has 0 unspecified atom stereocenters. The van der Waals surface area contributed by atoms with Gasteiger partial charge in [-0.2, -0.15) is 0 Å². The van der Waals surface area contributed by atoms with Crippen LogP contribution in [-0.4, -0.2) is 33.8 Å². The minimum Gasteiger partial charge on any atom is -0.438 e. The van der Waals surface area contributed by atoms with E-state index in [1.807, 2.05) is 11.4 Å². The van der Waals surface area contributed by atoms with E-state index in [9.17, 15) is 18.8 Å².